The molecule has 0 nitrogen and oxygen atoms in total. The monoisotopic (exact) mass is 226 g/mol. The van der Waals surface area contributed by atoms with Crippen LogP contribution in [0.25, 0.3) is 0 Å². The molecule has 1 rings (SSSR count). The Morgan fingerprint density at radius 1 is 1.00 bits per heavy atom. The number of hydrogen-bond donors (Lipinski definition) is 0. The maximum atomic E-state index is 2.70. The Morgan fingerprint density at radius 3 is 1.86 bits per heavy atom. The lowest BCUT2D eigenvalue weighted by atomic mass is 10.3. The van der Waals surface area contributed by atoms with Gasteiger partial charge in [-0.1, -0.05) is 31.4 Å². The molecule has 1 heterocycles. The first-order valence-corrected chi connectivity index (χ1v) is 8.84. The van der Waals surface area contributed by atoms with Crippen LogP contribution in [0.1, 0.15) is 19.3 Å². The van der Waals surface area contributed by atoms with Gasteiger partial charge in [0, 0.05) is 0 Å². The van der Waals surface area contributed by atoms with Crippen molar-refractivity contribution < 1.29 is 0 Å². The number of rotatable bonds is 0. The molecule has 1 aliphatic rings. The molecule has 1 aliphatic heterocycles. The van der Waals surface area contributed by atoms with Gasteiger partial charge in [0.2, 0.25) is 0 Å². The van der Waals surface area contributed by atoms with E-state index in [-0.39, 0.29) is 6.29 Å². The molecule has 0 aromatic heterocycles. The van der Waals surface area contributed by atoms with Crippen LogP contribution in [0.4, 0.5) is 0 Å². The summed E-state index contributed by atoms with van der Waals surface area (Å²) in [6.45, 7) is 0. The Hall–Kier alpha value is 0.947. The van der Waals surface area contributed by atoms with E-state index in [2.05, 4.69) is 21.8 Å². The van der Waals surface area contributed by atoms with Gasteiger partial charge in [-0.15, -0.1) is 21.8 Å². The minimum Gasteiger partial charge on any atom is -0.123 e. The summed E-state index contributed by atoms with van der Waals surface area (Å²) in [4.78, 5) is 0. The highest BCUT2D eigenvalue weighted by atomic mass is 127. The summed E-state index contributed by atoms with van der Waals surface area (Å²) >= 11 is 2.70. The van der Waals surface area contributed by atoms with Crippen molar-refractivity contribution in [2.45, 2.75) is 31.4 Å². The molecular weight excluding hydrogens is 215 g/mol. The van der Waals surface area contributed by atoms with Gasteiger partial charge in [0.05, 0.1) is 0 Å². The smallest absolute Gasteiger partial charge is 0.110 e. The summed E-state index contributed by atoms with van der Waals surface area (Å²) in [5, 5.41) is 0. The van der Waals surface area contributed by atoms with Crippen molar-refractivity contribution in [3.8, 4) is 0 Å². The normalized spacial score (nSPS) is 25.3. The fourth-order valence-electron chi connectivity index (χ4n) is 1.05. The highest BCUT2D eigenvalue weighted by Crippen LogP contribution is 2.22. The van der Waals surface area contributed by atoms with Gasteiger partial charge in [0.15, 0.2) is 0 Å². The zero-order valence-electron chi connectivity index (χ0n) is 4.49. The molecule has 0 aliphatic carbocycles. The van der Waals surface area contributed by atoms with E-state index in [0.717, 1.165) is 0 Å². The van der Waals surface area contributed by atoms with Gasteiger partial charge in [-0.2, -0.15) is 0 Å². The maximum absolute atomic E-state index is 2.70. The van der Waals surface area contributed by atoms with E-state index in [1.165, 1.54) is 6.42 Å². The summed E-state index contributed by atoms with van der Waals surface area (Å²) in [7, 11) is 0. The van der Waals surface area contributed by atoms with Gasteiger partial charge < -0.3 is 0 Å². The second-order valence-corrected chi connectivity index (χ2v) is 9.87. The van der Waals surface area contributed by atoms with Crippen LogP contribution in [0.3, 0.4) is 0 Å². The third kappa shape index (κ3) is 2.12. The lowest BCUT2D eigenvalue weighted by molar-refractivity contribution is 0.733. The summed E-state index contributed by atoms with van der Waals surface area (Å²) in [6, 6.07) is 3.22. The second-order valence-electron chi connectivity index (χ2n) is 2.24. The van der Waals surface area contributed by atoms with Crippen LogP contribution in [0.2, 0.25) is 12.1 Å². The fourth-order valence-corrected chi connectivity index (χ4v) is 5.45. The van der Waals surface area contributed by atoms with E-state index < -0.39 is 0 Å². The molecule has 0 aromatic carbocycles. The minimum atomic E-state index is -0.125. The van der Waals surface area contributed by atoms with Crippen LogP contribution in [0, 0.1) is 0 Å². The summed E-state index contributed by atoms with van der Waals surface area (Å²) in [6.07, 6.45) is 4.48. The lowest BCUT2D eigenvalue weighted by Crippen LogP contribution is -2.06. The lowest BCUT2D eigenvalue weighted by Gasteiger charge is -2.12. The van der Waals surface area contributed by atoms with Crippen LogP contribution >= 0.6 is 21.8 Å². The standard InChI is InChI=1S/C5H11ISi/c6-7-4-2-1-3-5-7/h7H,1-5H2. The summed E-state index contributed by atoms with van der Waals surface area (Å²) in [5.41, 5.74) is 0. The predicted octanol–water partition coefficient (Wildman–Crippen LogP) is 2.33. The molecule has 0 amide bonds. The topological polar surface area (TPSA) is 0 Å². The van der Waals surface area contributed by atoms with Crippen LogP contribution in [-0.2, 0) is 0 Å². The molecular formula is C5H11ISi. The van der Waals surface area contributed by atoms with Crippen molar-refractivity contribution >= 4 is 28.1 Å². The molecule has 1 fully saturated rings. The van der Waals surface area contributed by atoms with E-state index >= 15 is 0 Å². The third-order valence-corrected chi connectivity index (χ3v) is 7.34. The van der Waals surface area contributed by atoms with Crippen molar-refractivity contribution in [1.82, 2.24) is 0 Å². The number of halogens is 1. The van der Waals surface area contributed by atoms with Crippen LogP contribution in [0.15, 0.2) is 0 Å². The van der Waals surface area contributed by atoms with Crippen molar-refractivity contribution in [1.29, 1.82) is 0 Å². The first-order chi connectivity index (χ1) is 3.39. The zero-order valence-corrected chi connectivity index (χ0v) is 7.80. The van der Waals surface area contributed by atoms with Gasteiger partial charge in [-0.3, -0.25) is 0 Å². The fraction of sp³-hybridized carbons (Fsp3) is 1.00. The average molecular weight is 226 g/mol. The molecule has 0 radical (unpaired) electrons. The van der Waals surface area contributed by atoms with Crippen molar-refractivity contribution in [2.24, 2.45) is 0 Å². The molecule has 0 spiro atoms. The van der Waals surface area contributed by atoms with Gasteiger partial charge in [-0.25, -0.2) is 0 Å². The Kier molecular flexibility index (Phi) is 2.66. The van der Waals surface area contributed by atoms with Gasteiger partial charge in [0.25, 0.3) is 0 Å². The van der Waals surface area contributed by atoms with Crippen molar-refractivity contribution in [3.05, 3.63) is 0 Å². The highest BCUT2D eigenvalue weighted by Gasteiger charge is 2.09. The van der Waals surface area contributed by atoms with Gasteiger partial charge in [-0.05, 0) is 0 Å². The first-order valence-electron chi connectivity index (χ1n) is 3.03. The van der Waals surface area contributed by atoms with Gasteiger partial charge >= 0.3 is 0 Å². The molecule has 1 saturated heterocycles. The Bertz CT molecular complexity index is 50.0. The molecule has 0 unspecified atom stereocenters. The molecule has 0 saturated carbocycles. The molecule has 0 aromatic rings. The molecule has 0 atom stereocenters. The van der Waals surface area contributed by atoms with E-state index in [1.54, 1.807) is 24.9 Å². The van der Waals surface area contributed by atoms with E-state index in [4.69, 9.17) is 0 Å². The molecule has 0 bridgehead atoms. The SMILES string of the molecule is I[SiH]1CCCCC1. The van der Waals surface area contributed by atoms with E-state index in [0.29, 0.717) is 0 Å². The van der Waals surface area contributed by atoms with Gasteiger partial charge in [0.1, 0.15) is 6.29 Å². The Labute approximate surface area is 59.5 Å². The van der Waals surface area contributed by atoms with Crippen molar-refractivity contribution in [3.63, 3.8) is 0 Å². The molecule has 7 heavy (non-hydrogen) atoms. The maximum Gasteiger partial charge on any atom is 0.110 e. The van der Waals surface area contributed by atoms with Crippen LogP contribution in [0.5, 0.6) is 0 Å². The van der Waals surface area contributed by atoms with Crippen LogP contribution < -0.4 is 0 Å². The summed E-state index contributed by atoms with van der Waals surface area (Å²) in [5.74, 6) is 0. The van der Waals surface area contributed by atoms with Crippen molar-refractivity contribution in [2.75, 3.05) is 0 Å². The quantitative estimate of drug-likeness (QED) is 0.338. The average Bonchev–Trinajstić information content (AvgIpc) is 1.69. The molecule has 42 valence electrons. The predicted molar refractivity (Wildman–Crippen MR) is 44.6 cm³/mol. The molecule has 2 heteroatoms. The van der Waals surface area contributed by atoms with E-state index in [1.807, 2.05) is 0 Å². The second kappa shape index (κ2) is 3.07. The van der Waals surface area contributed by atoms with Crippen LogP contribution in [-0.4, -0.2) is 6.29 Å². The first kappa shape index (κ1) is 6.07. The third-order valence-electron chi connectivity index (χ3n) is 1.53. The number of hydrogen-bond acceptors (Lipinski definition) is 0. The van der Waals surface area contributed by atoms with E-state index in [9.17, 15) is 0 Å². The Morgan fingerprint density at radius 2 is 1.57 bits per heavy atom. The minimum absolute atomic E-state index is 0.125. The Balaban J connectivity index is 2.12. The largest absolute Gasteiger partial charge is 0.123 e. The molecule has 0 N–H and O–H groups in total. The highest BCUT2D eigenvalue weighted by molar-refractivity contribution is 14.1. The zero-order chi connectivity index (χ0) is 5.11. The summed E-state index contributed by atoms with van der Waals surface area (Å²) < 4.78 is 0.